The van der Waals surface area contributed by atoms with Crippen LogP contribution in [0.1, 0.15) is 11.8 Å². The fourth-order valence-corrected chi connectivity index (χ4v) is 3.83. The lowest BCUT2D eigenvalue weighted by Gasteiger charge is -2.18. The predicted molar refractivity (Wildman–Crippen MR) is 81.4 cm³/mol. The van der Waals surface area contributed by atoms with Gasteiger partial charge in [-0.1, -0.05) is 6.07 Å². The van der Waals surface area contributed by atoms with Crippen LogP contribution in [-0.2, 0) is 16.6 Å². The number of nitrogens with one attached hydrogen (secondary N) is 1. The number of sulfonamides is 1. The first kappa shape index (κ1) is 15.0. The summed E-state index contributed by atoms with van der Waals surface area (Å²) < 4.78 is 26.5. The van der Waals surface area contributed by atoms with Crippen LogP contribution in [0.5, 0.6) is 0 Å². The SMILES string of the molecule is CCNc1cccnc1S(=O)(=O)N(C)Cc1cccs1. The molecule has 20 heavy (non-hydrogen) atoms. The normalized spacial score (nSPS) is 11.8. The van der Waals surface area contributed by atoms with Crippen LogP contribution in [0.3, 0.4) is 0 Å². The number of hydrogen-bond donors (Lipinski definition) is 1. The minimum Gasteiger partial charge on any atom is -0.383 e. The molecule has 0 bridgehead atoms. The van der Waals surface area contributed by atoms with Gasteiger partial charge in [0.2, 0.25) is 0 Å². The van der Waals surface area contributed by atoms with E-state index < -0.39 is 10.0 Å². The van der Waals surface area contributed by atoms with E-state index in [0.29, 0.717) is 18.8 Å². The summed E-state index contributed by atoms with van der Waals surface area (Å²) in [5.41, 5.74) is 0.535. The summed E-state index contributed by atoms with van der Waals surface area (Å²) >= 11 is 1.53. The van der Waals surface area contributed by atoms with Gasteiger partial charge < -0.3 is 5.32 Å². The molecular weight excluding hydrogens is 294 g/mol. The summed E-state index contributed by atoms with van der Waals surface area (Å²) in [7, 11) is -2.03. The van der Waals surface area contributed by atoms with Gasteiger partial charge in [-0.15, -0.1) is 11.3 Å². The van der Waals surface area contributed by atoms with E-state index in [9.17, 15) is 8.42 Å². The second-order valence-corrected chi connectivity index (χ2v) is 7.22. The molecule has 5 nitrogen and oxygen atoms in total. The molecule has 0 aliphatic carbocycles. The molecule has 1 N–H and O–H groups in total. The van der Waals surface area contributed by atoms with Crippen molar-refractivity contribution in [1.82, 2.24) is 9.29 Å². The predicted octanol–water partition coefficient (Wildman–Crippen LogP) is 2.40. The van der Waals surface area contributed by atoms with Crippen LogP contribution in [0.2, 0.25) is 0 Å². The molecule has 2 heterocycles. The largest absolute Gasteiger partial charge is 0.383 e. The van der Waals surface area contributed by atoms with Crippen molar-refractivity contribution in [2.45, 2.75) is 18.5 Å². The summed E-state index contributed by atoms with van der Waals surface area (Å²) in [6, 6.07) is 7.27. The van der Waals surface area contributed by atoms with Crippen LogP contribution in [-0.4, -0.2) is 31.3 Å². The van der Waals surface area contributed by atoms with Crippen molar-refractivity contribution < 1.29 is 8.42 Å². The Hall–Kier alpha value is -1.44. The molecule has 2 aromatic rings. The van der Waals surface area contributed by atoms with Crippen LogP contribution in [0, 0.1) is 0 Å². The van der Waals surface area contributed by atoms with Crippen LogP contribution in [0.4, 0.5) is 5.69 Å². The first-order chi connectivity index (χ1) is 9.55. The molecule has 0 fully saturated rings. The third-order valence-electron chi connectivity index (χ3n) is 2.75. The Morgan fingerprint density at radius 2 is 2.15 bits per heavy atom. The second kappa shape index (κ2) is 6.34. The Kier molecular flexibility index (Phi) is 4.74. The topological polar surface area (TPSA) is 62.3 Å². The standard InChI is InChI=1S/C13H17N3O2S2/c1-3-14-12-7-4-8-15-13(12)20(17,18)16(2)10-11-6-5-9-19-11/h4-9,14H,3,10H2,1-2H3. The van der Waals surface area contributed by atoms with E-state index in [4.69, 9.17) is 0 Å². The summed E-state index contributed by atoms with van der Waals surface area (Å²) in [6.07, 6.45) is 1.49. The molecule has 0 atom stereocenters. The number of hydrogen-bond acceptors (Lipinski definition) is 5. The molecule has 0 unspecified atom stereocenters. The first-order valence-corrected chi connectivity index (χ1v) is 8.55. The van der Waals surface area contributed by atoms with E-state index in [2.05, 4.69) is 10.3 Å². The zero-order valence-corrected chi connectivity index (χ0v) is 13.0. The molecule has 0 aliphatic rings. The molecule has 108 valence electrons. The van der Waals surface area contributed by atoms with Crippen LogP contribution < -0.4 is 5.32 Å². The zero-order valence-electron chi connectivity index (χ0n) is 11.4. The van der Waals surface area contributed by atoms with Gasteiger partial charge in [0.15, 0.2) is 5.03 Å². The Bertz CT molecular complexity index is 654. The van der Waals surface area contributed by atoms with Crippen molar-refractivity contribution in [2.24, 2.45) is 0 Å². The average Bonchev–Trinajstić information content (AvgIpc) is 2.92. The van der Waals surface area contributed by atoms with Crippen LogP contribution >= 0.6 is 11.3 Å². The molecule has 2 rings (SSSR count). The maximum Gasteiger partial charge on any atom is 0.262 e. The monoisotopic (exact) mass is 311 g/mol. The highest BCUT2D eigenvalue weighted by Crippen LogP contribution is 2.23. The van der Waals surface area contributed by atoms with Crippen molar-refractivity contribution in [1.29, 1.82) is 0 Å². The molecular formula is C13H17N3O2S2. The van der Waals surface area contributed by atoms with Gasteiger partial charge >= 0.3 is 0 Å². The summed E-state index contributed by atoms with van der Waals surface area (Å²) in [5, 5.41) is 5.03. The van der Waals surface area contributed by atoms with Crippen molar-refractivity contribution >= 4 is 27.0 Å². The quantitative estimate of drug-likeness (QED) is 0.890. The molecule has 0 radical (unpaired) electrons. The van der Waals surface area contributed by atoms with Gasteiger partial charge in [-0.3, -0.25) is 0 Å². The zero-order chi connectivity index (χ0) is 14.6. The summed E-state index contributed by atoms with van der Waals surface area (Å²) in [6.45, 7) is 2.91. The van der Waals surface area contributed by atoms with Crippen molar-refractivity contribution in [3.63, 3.8) is 0 Å². The highest BCUT2D eigenvalue weighted by atomic mass is 32.2. The van der Waals surface area contributed by atoms with Gasteiger partial charge in [-0.25, -0.2) is 13.4 Å². The molecule has 0 spiro atoms. The first-order valence-electron chi connectivity index (χ1n) is 6.23. The lowest BCUT2D eigenvalue weighted by Crippen LogP contribution is -2.27. The minimum atomic E-state index is -3.60. The van der Waals surface area contributed by atoms with Gasteiger partial charge in [0.25, 0.3) is 10.0 Å². The molecule has 0 amide bonds. The van der Waals surface area contributed by atoms with Crippen LogP contribution in [0.15, 0.2) is 40.9 Å². The van der Waals surface area contributed by atoms with Gasteiger partial charge in [-0.2, -0.15) is 4.31 Å². The van der Waals surface area contributed by atoms with Gasteiger partial charge in [0, 0.05) is 31.2 Å². The Morgan fingerprint density at radius 3 is 2.80 bits per heavy atom. The maximum absolute atomic E-state index is 12.6. The summed E-state index contributed by atoms with van der Waals surface area (Å²) in [4.78, 5) is 5.03. The Morgan fingerprint density at radius 1 is 1.35 bits per heavy atom. The number of aromatic nitrogens is 1. The highest BCUT2D eigenvalue weighted by Gasteiger charge is 2.25. The van der Waals surface area contributed by atoms with Crippen molar-refractivity contribution in [3.8, 4) is 0 Å². The maximum atomic E-state index is 12.6. The number of rotatable bonds is 6. The molecule has 0 saturated carbocycles. The van der Waals surface area contributed by atoms with Gasteiger partial charge in [0.05, 0.1) is 5.69 Å². The van der Waals surface area contributed by atoms with Gasteiger partial charge in [0.1, 0.15) is 0 Å². The third-order valence-corrected chi connectivity index (χ3v) is 5.38. The number of nitrogens with zero attached hydrogens (tertiary/aromatic N) is 2. The lowest BCUT2D eigenvalue weighted by atomic mass is 10.4. The molecule has 0 aromatic carbocycles. The van der Waals surface area contributed by atoms with E-state index in [1.54, 1.807) is 19.2 Å². The van der Waals surface area contributed by atoms with Crippen molar-refractivity contribution in [3.05, 3.63) is 40.7 Å². The number of pyridine rings is 1. The smallest absolute Gasteiger partial charge is 0.262 e. The fourth-order valence-electron chi connectivity index (χ4n) is 1.78. The van der Waals surface area contributed by atoms with Crippen molar-refractivity contribution in [2.75, 3.05) is 18.9 Å². The number of thiophene rings is 1. The Balaban J connectivity index is 2.30. The molecule has 2 aromatic heterocycles. The van der Waals surface area contributed by atoms with Gasteiger partial charge in [-0.05, 0) is 30.5 Å². The molecule has 0 aliphatic heterocycles. The average molecular weight is 311 g/mol. The van der Waals surface area contributed by atoms with E-state index in [-0.39, 0.29) is 5.03 Å². The highest BCUT2D eigenvalue weighted by molar-refractivity contribution is 7.89. The van der Waals surface area contributed by atoms with E-state index in [1.165, 1.54) is 21.8 Å². The van der Waals surface area contributed by atoms with E-state index >= 15 is 0 Å². The number of anilines is 1. The third kappa shape index (κ3) is 3.17. The molecule has 7 heteroatoms. The lowest BCUT2D eigenvalue weighted by molar-refractivity contribution is 0.467. The van der Waals surface area contributed by atoms with E-state index in [1.807, 2.05) is 24.4 Å². The Labute approximate surface area is 123 Å². The summed E-state index contributed by atoms with van der Waals surface area (Å²) in [5.74, 6) is 0. The second-order valence-electron chi connectivity index (χ2n) is 4.23. The van der Waals surface area contributed by atoms with E-state index in [0.717, 1.165) is 4.88 Å². The minimum absolute atomic E-state index is 0.0703. The van der Waals surface area contributed by atoms with Crippen LogP contribution in [0.25, 0.3) is 0 Å². The molecule has 0 saturated heterocycles. The fraction of sp³-hybridized carbons (Fsp3) is 0.308.